The summed E-state index contributed by atoms with van der Waals surface area (Å²) in [4.78, 5) is 10.2. The fourth-order valence-electron chi connectivity index (χ4n) is 5.45. The van der Waals surface area contributed by atoms with Gasteiger partial charge in [-0.05, 0) is 50.9 Å². The van der Waals surface area contributed by atoms with Crippen LogP contribution in [0.5, 0.6) is 0 Å². The van der Waals surface area contributed by atoms with E-state index in [2.05, 4.69) is 28.1 Å². The van der Waals surface area contributed by atoms with Crippen LogP contribution in [0.2, 0.25) is 0 Å². The van der Waals surface area contributed by atoms with Gasteiger partial charge in [-0.2, -0.15) is 0 Å². The van der Waals surface area contributed by atoms with Crippen molar-refractivity contribution in [3.8, 4) is 0 Å². The molecule has 3 unspecified atom stereocenters. The second kappa shape index (κ2) is 10.4. The normalized spacial score (nSPS) is 31.6. The van der Waals surface area contributed by atoms with E-state index < -0.39 is 0 Å². The summed E-state index contributed by atoms with van der Waals surface area (Å²) in [7, 11) is 0. The minimum atomic E-state index is 0. The minimum absolute atomic E-state index is 0. The van der Waals surface area contributed by atoms with Crippen LogP contribution in [0.25, 0.3) is 0 Å². The number of piperazine rings is 1. The lowest BCUT2D eigenvalue weighted by atomic mass is 9.93. The van der Waals surface area contributed by atoms with Gasteiger partial charge in [0.1, 0.15) is 0 Å². The summed E-state index contributed by atoms with van der Waals surface area (Å²) in [5.41, 5.74) is 1.51. The zero-order chi connectivity index (χ0) is 17.8. The summed E-state index contributed by atoms with van der Waals surface area (Å²) in [6.45, 7) is 10.3. The Labute approximate surface area is 182 Å². The van der Waals surface area contributed by atoms with Gasteiger partial charge in [-0.15, -0.1) is 24.0 Å². The molecule has 0 radical (unpaired) electrons. The van der Waals surface area contributed by atoms with Crippen LogP contribution in [-0.2, 0) is 4.74 Å². The van der Waals surface area contributed by atoms with E-state index in [0.29, 0.717) is 0 Å². The maximum atomic E-state index is 5.39. The molecule has 2 saturated carbocycles. The van der Waals surface area contributed by atoms with Crippen LogP contribution < -0.4 is 5.32 Å². The van der Waals surface area contributed by atoms with Gasteiger partial charge in [0, 0.05) is 45.3 Å². The molecule has 0 aromatic carbocycles. The van der Waals surface area contributed by atoms with E-state index in [9.17, 15) is 0 Å². The fourth-order valence-corrected chi connectivity index (χ4v) is 5.45. The molecular formula is C21H37IN4O. The molecular weight excluding hydrogens is 451 g/mol. The quantitative estimate of drug-likeness (QED) is 0.280. The Kier molecular flexibility index (Phi) is 8.26. The molecule has 4 aliphatic rings. The molecule has 3 fully saturated rings. The van der Waals surface area contributed by atoms with Gasteiger partial charge in [0.2, 0.25) is 0 Å². The predicted molar refractivity (Wildman–Crippen MR) is 122 cm³/mol. The highest BCUT2D eigenvalue weighted by atomic mass is 127. The Morgan fingerprint density at radius 2 is 2.07 bits per heavy atom. The van der Waals surface area contributed by atoms with E-state index in [-0.39, 0.29) is 24.0 Å². The largest absolute Gasteiger partial charge is 0.377 e. The maximum Gasteiger partial charge on any atom is 0.194 e. The molecule has 0 aromatic heterocycles. The summed E-state index contributed by atoms with van der Waals surface area (Å²) in [5, 5.41) is 3.51. The summed E-state index contributed by atoms with van der Waals surface area (Å²) in [6, 6.07) is 0.885. The molecule has 154 valence electrons. The lowest BCUT2D eigenvalue weighted by Crippen LogP contribution is -2.55. The van der Waals surface area contributed by atoms with E-state index in [1.54, 1.807) is 0 Å². The highest BCUT2D eigenvalue weighted by Gasteiger charge is 2.42. The fraction of sp³-hybridized carbons (Fsp3) is 0.857. The number of hydrogen-bond acceptors (Lipinski definition) is 3. The average Bonchev–Trinajstić information content (AvgIpc) is 3.32. The first kappa shape index (κ1) is 21.4. The number of nitrogens with one attached hydrogen (secondary N) is 1. The molecule has 2 aliphatic carbocycles. The van der Waals surface area contributed by atoms with Crippen molar-refractivity contribution in [2.75, 3.05) is 52.5 Å². The molecule has 2 aliphatic heterocycles. The standard InChI is InChI=1S/C21H36N4O.HI/c1-2-22-21(23-8-5-17-6-13-26-14-7-17)25-11-9-24(10-12-25)20-16-18-3-4-19(20)15-18;/h6,18-20H,2-5,7-16H2,1H3,(H,22,23);1H. The Bertz CT molecular complexity index is 530. The van der Waals surface area contributed by atoms with Crippen LogP contribution >= 0.6 is 24.0 Å². The van der Waals surface area contributed by atoms with Crippen molar-refractivity contribution in [3.63, 3.8) is 0 Å². The van der Waals surface area contributed by atoms with Crippen molar-refractivity contribution >= 4 is 29.9 Å². The van der Waals surface area contributed by atoms with E-state index in [0.717, 1.165) is 76.1 Å². The molecule has 27 heavy (non-hydrogen) atoms. The first-order valence-corrected chi connectivity index (χ1v) is 10.9. The molecule has 0 aromatic rings. The van der Waals surface area contributed by atoms with Crippen molar-refractivity contribution in [1.82, 2.24) is 15.1 Å². The maximum absolute atomic E-state index is 5.39. The summed E-state index contributed by atoms with van der Waals surface area (Å²) in [6.07, 6.45) is 10.4. The highest BCUT2D eigenvalue weighted by Crippen LogP contribution is 2.46. The second-order valence-electron chi connectivity index (χ2n) is 8.44. The van der Waals surface area contributed by atoms with Crippen molar-refractivity contribution < 1.29 is 4.74 Å². The monoisotopic (exact) mass is 488 g/mol. The van der Waals surface area contributed by atoms with Crippen LogP contribution in [0, 0.1) is 11.8 Å². The number of ether oxygens (including phenoxy) is 1. The molecule has 1 N–H and O–H groups in total. The molecule has 3 atom stereocenters. The highest BCUT2D eigenvalue weighted by molar-refractivity contribution is 14.0. The predicted octanol–water partition coefficient (Wildman–Crippen LogP) is 3.11. The number of guanidine groups is 1. The van der Waals surface area contributed by atoms with Gasteiger partial charge in [0.15, 0.2) is 5.96 Å². The molecule has 2 bridgehead atoms. The third-order valence-electron chi connectivity index (χ3n) is 6.87. The topological polar surface area (TPSA) is 40.1 Å². The average molecular weight is 488 g/mol. The number of fused-ring (bicyclic) bond motifs is 2. The van der Waals surface area contributed by atoms with Gasteiger partial charge >= 0.3 is 0 Å². The van der Waals surface area contributed by atoms with Crippen molar-refractivity contribution in [2.45, 2.75) is 51.5 Å². The van der Waals surface area contributed by atoms with E-state index in [1.807, 2.05) is 0 Å². The molecule has 2 heterocycles. The van der Waals surface area contributed by atoms with E-state index in [1.165, 1.54) is 44.3 Å². The zero-order valence-corrected chi connectivity index (χ0v) is 19.2. The van der Waals surface area contributed by atoms with Crippen LogP contribution in [0.15, 0.2) is 16.6 Å². The third-order valence-corrected chi connectivity index (χ3v) is 6.87. The molecule has 6 heteroatoms. The lowest BCUT2D eigenvalue weighted by Gasteiger charge is -2.42. The van der Waals surface area contributed by atoms with Gasteiger partial charge in [0.05, 0.1) is 13.2 Å². The van der Waals surface area contributed by atoms with E-state index in [4.69, 9.17) is 9.73 Å². The number of hydrogen-bond donors (Lipinski definition) is 1. The SMILES string of the molecule is CCNC(=NCCC1=CCOCC1)N1CCN(C2CC3CCC2C3)CC1.I. The summed E-state index contributed by atoms with van der Waals surface area (Å²) < 4.78 is 5.39. The van der Waals surface area contributed by atoms with Gasteiger partial charge in [-0.3, -0.25) is 9.89 Å². The molecule has 5 nitrogen and oxygen atoms in total. The number of aliphatic imine (C=N–C) groups is 1. The zero-order valence-electron chi connectivity index (χ0n) is 16.9. The van der Waals surface area contributed by atoms with Crippen LogP contribution in [-0.4, -0.2) is 74.3 Å². The Morgan fingerprint density at radius 1 is 1.22 bits per heavy atom. The second-order valence-corrected chi connectivity index (χ2v) is 8.44. The molecule has 0 amide bonds. The van der Waals surface area contributed by atoms with Gasteiger partial charge in [-0.1, -0.05) is 18.1 Å². The first-order valence-electron chi connectivity index (χ1n) is 10.9. The Hall–Kier alpha value is -0.340. The van der Waals surface area contributed by atoms with Gasteiger partial charge < -0.3 is 15.0 Å². The third kappa shape index (κ3) is 5.38. The molecule has 4 rings (SSSR count). The van der Waals surface area contributed by atoms with Crippen molar-refractivity contribution in [2.24, 2.45) is 16.8 Å². The van der Waals surface area contributed by atoms with Gasteiger partial charge in [-0.25, -0.2) is 0 Å². The Balaban J connectivity index is 0.00000210. The smallest absolute Gasteiger partial charge is 0.194 e. The minimum Gasteiger partial charge on any atom is -0.377 e. The van der Waals surface area contributed by atoms with Crippen LogP contribution in [0.4, 0.5) is 0 Å². The van der Waals surface area contributed by atoms with Crippen LogP contribution in [0.1, 0.15) is 45.4 Å². The number of rotatable bonds is 5. The van der Waals surface area contributed by atoms with E-state index >= 15 is 0 Å². The summed E-state index contributed by atoms with van der Waals surface area (Å²) >= 11 is 0. The Morgan fingerprint density at radius 3 is 2.70 bits per heavy atom. The first-order chi connectivity index (χ1) is 12.8. The van der Waals surface area contributed by atoms with Gasteiger partial charge in [0.25, 0.3) is 0 Å². The number of nitrogens with zero attached hydrogens (tertiary/aromatic N) is 3. The van der Waals surface area contributed by atoms with Crippen molar-refractivity contribution in [3.05, 3.63) is 11.6 Å². The molecule has 0 spiro atoms. The summed E-state index contributed by atoms with van der Waals surface area (Å²) in [5.74, 6) is 3.16. The number of halogens is 1. The van der Waals surface area contributed by atoms with Crippen LogP contribution in [0.3, 0.4) is 0 Å². The lowest BCUT2D eigenvalue weighted by molar-refractivity contribution is 0.0958. The molecule has 1 saturated heterocycles. The van der Waals surface area contributed by atoms with Crippen molar-refractivity contribution in [1.29, 1.82) is 0 Å².